The predicted molar refractivity (Wildman–Crippen MR) is 72.1 cm³/mol. The SMILES string of the molecule is CNc1nc(C)nc(-c2sccc2Br)c1C. The van der Waals surface area contributed by atoms with Crippen LogP contribution in [-0.2, 0) is 0 Å². The molecule has 0 spiro atoms. The topological polar surface area (TPSA) is 37.8 Å². The molecule has 0 fully saturated rings. The zero-order valence-corrected chi connectivity index (χ0v) is 11.7. The van der Waals surface area contributed by atoms with E-state index in [-0.39, 0.29) is 0 Å². The molecule has 5 heteroatoms. The number of nitrogens with zero attached hydrogens (tertiary/aromatic N) is 2. The summed E-state index contributed by atoms with van der Waals surface area (Å²) in [7, 11) is 1.88. The fourth-order valence-corrected chi connectivity index (χ4v) is 3.16. The molecule has 0 bridgehead atoms. The maximum Gasteiger partial charge on any atom is 0.133 e. The standard InChI is InChI=1S/C11H12BrN3S/c1-6-9(10-8(12)4-5-16-10)14-7(2)15-11(6)13-3/h4-5H,1-3H3,(H,13,14,15). The second-order valence-corrected chi connectivity index (χ2v) is 5.21. The second-order valence-electron chi connectivity index (χ2n) is 3.44. The van der Waals surface area contributed by atoms with Crippen molar-refractivity contribution in [3.05, 3.63) is 27.3 Å². The van der Waals surface area contributed by atoms with Crippen molar-refractivity contribution in [2.75, 3.05) is 12.4 Å². The molecule has 84 valence electrons. The summed E-state index contributed by atoms with van der Waals surface area (Å²) in [5.74, 6) is 1.67. The van der Waals surface area contributed by atoms with Gasteiger partial charge in [-0.3, -0.25) is 0 Å². The Labute approximate surface area is 107 Å². The van der Waals surface area contributed by atoms with Gasteiger partial charge in [0.25, 0.3) is 0 Å². The highest BCUT2D eigenvalue weighted by molar-refractivity contribution is 9.10. The summed E-state index contributed by atoms with van der Waals surface area (Å²) in [6.07, 6.45) is 0. The Morgan fingerprint density at radius 3 is 2.62 bits per heavy atom. The summed E-state index contributed by atoms with van der Waals surface area (Å²) in [5, 5.41) is 5.15. The molecular weight excluding hydrogens is 286 g/mol. The molecule has 0 saturated carbocycles. The van der Waals surface area contributed by atoms with Gasteiger partial charge in [0.2, 0.25) is 0 Å². The fourth-order valence-electron chi connectivity index (χ4n) is 1.56. The zero-order chi connectivity index (χ0) is 11.7. The van der Waals surface area contributed by atoms with E-state index in [1.807, 2.05) is 27.0 Å². The van der Waals surface area contributed by atoms with Gasteiger partial charge in [-0.1, -0.05) is 0 Å². The number of hydrogen-bond donors (Lipinski definition) is 1. The maximum atomic E-state index is 4.51. The van der Waals surface area contributed by atoms with Crippen molar-refractivity contribution in [1.29, 1.82) is 0 Å². The van der Waals surface area contributed by atoms with Gasteiger partial charge in [-0.25, -0.2) is 9.97 Å². The number of hydrogen-bond acceptors (Lipinski definition) is 4. The summed E-state index contributed by atoms with van der Waals surface area (Å²) >= 11 is 5.22. The average molecular weight is 298 g/mol. The maximum absolute atomic E-state index is 4.51. The van der Waals surface area contributed by atoms with Gasteiger partial charge >= 0.3 is 0 Å². The van der Waals surface area contributed by atoms with E-state index in [0.29, 0.717) is 0 Å². The molecule has 0 amide bonds. The Kier molecular flexibility index (Phi) is 3.25. The largest absolute Gasteiger partial charge is 0.373 e. The van der Waals surface area contributed by atoms with E-state index in [2.05, 4.69) is 36.6 Å². The van der Waals surface area contributed by atoms with E-state index in [1.165, 1.54) is 0 Å². The Bertz CT molecular complexity index is 522. The first-order chi connectivity index (χ1) is 7.63. The van der Waals surface area contributed by atoms with E-state index in [9.17, 15) is 0 Å². The van der Waals surface area contributed by atoms with Gasteiger partial charge in [0, 0.05) is 17.1 Å². The molecule has 3 nitrogen and oxygen atoms in total. The fraction of sp³-hybridized carbons (Fsp3) is 0.273. The van der Waals surface area contributed by atoms with Crippen LogP contribution in [0.25, 0.3) is 10.6 Å². The molecule has 2 heterocycles. The van der Waals surface area contributed by atoms with Gasteiger partial charge in [0.05, 0.1) is 10.6 Å². The third kappa shape index (κ3) is 1.97. The van der Waals surface area contributed by atoms with Crippen molar-refractivity contribution >= 4 is 33.1 Å². The van der Waals surface area contributed by atoms with Crippen LogP contribution in [0.1, 0.15) is 11.4 Å². The predicted octanol–water partition coefficient (Wildman–Crippen LogP) is 3.63. The van der Waals surface area contributed by atoms with Crippen LogP contribution in [0.4, 0.5) is 5.82 Å². The van der Waals surface area contributed by atoms with Crippen LogP contribution in [0.15, 0.2) is 15.9 Å². The van der Waals surface area contributed by atoms with Crippen LogP contribution in [0.2, 0.25) is 0 Å². The molecule has 16 heavy (non-hydrogen) atoms. The van der Waals surface area contributed by atoms with Crippen molar-refractivity contribution in [2.24, 2.45) is 0 Å². The molecule has 2 aromatic rings. The molecular formula is C11H12BrN3S. The number of aryl methyl sites for hydroxylation is 1. The van der Waals surface area contributed by atoms with E-state index < -0.39 is 0 Å². The minimum atomic E-state index is 0.783. The first kappa shape index (κ1) is 11.5. The minimum absolute atomic E-state index is 0.783. The van der Waals surface area contributed by atoms with Crippen LogP contribution in [0.5, 0.6) is 0 Å². The molecule has 2 rings (SSSR count). The molecule has 0 aliphatic rings. The lowest BCUT2D eigenvalue weighted by molar-refractivity contribution is 1.04. The molecule has 0 aromatic carbocycles. The number of halogens is 1. The van der Waals surface area contributed by atoms with Crippen LogP contribution >= 0.6 is 27.3 Å². The van der Waals surface area contributed by atoms with E-state index >= 15 is 0 Å². The lowest BCUT2D eigenvalue weighted by atomic mass is 10.2. The summed E-state index contributed by atoms with van der Waals surface area (Å²) in [6, 6.07) is 2.04. The molecule has 0 saturated heterocycles. The first-order valence-electron chi connectivity index (χ1n) is 4.90. The van der Waals surface area contributed by atoms with Crippen molar-refractivity contribution in [3.63, 3.8) is 0 Å². The lowest BCUT2D eigenvalue weighted by Crippen LogP contribution is -2.02. The van der Waals surface area contributed by atoms with Gasteiger partial charge < -0.3 is 5.32 Å². The molecule has 0 atom stereocenters. The quantitative estimate of drug-likeness (QED) is 0.920. The number of anilines is 1. The molecule has 0 aliphatic carbocycles. The monoisotopic (exact) mass is 297 g/mol. The third-order valence-corrected chi connectivity index (χ3v) is 4.17. The highest BCUT2D eigenvalue weighted by Crippen LogP contribution is 2.35. The summed E-state index contributed by atoms with van der Waals surface area (Å²) in [4.78, 5) is 10.0. The van der Waals surface area contributed by atoms with Crippen LogP contribution < -0.4 is 5.32 Å². The molecule has 0 unspecified atom stereocenters. The van der Waals surface area contributed by atoms with Crippen molar-refractivity contribution in [3.8, 4) is 10.6 Å². The smallest absolute Gasteiger partial charge is 0.133 e. The lowest BCUT2D eigenvalue weighted by Gasteiger charge is -2.09. The normalized spacial score (nSPS) is 10.5. The van der Waals surface area contributed by atoms with Crippen molar-refractivity contribution in [1.82, 2.24) is 9.97 Å². The number of aromatic nitrogens is 2. The Balaban J connectivity index is 2.65. The van der Waals surface area contributed by atoms with Crippen LogP contribution in [0.3, 0.4) is 0 Å². The van der Waals surface area contributed by atoms with E-state index in [0.717, 1.165) is 32.2 Å². The summed E-state index contributed by atoms with van der Waals surface area (Å²) in [6.45, 7) is 3.94. The zero-order valence-electron chi connectivity index (χ0n) is 9.34. The van der Waals surface area contributed by atoms with Crippen molar-refractivity contribution < 1.29 is 0 Å². The number of thiophene rings is 1. The van der Waals surface area contributed by atoms with Crippen LogP contribution in [-0.4, -0.2) is 17.0 Å². The Morgan fingerprint density at radius 1 is 1.31 bits per heavy atom. The Hall–Kier alpha value is -0.940. The third-order valence-electron chi connectivity index (χ3n) is 2.33. The first-order valence-corrected chi connectivity index (χ1v) is 6.57. The highest BCUT2D eigenvalue weighted by Gasteiger charge is 2.13. The van der Waals surface area contributed by atoms with E-state index in [1.54, 1.807) is 11.3 Å². The minimum Gasteiger partial charge on any atom is -0.373 e. The van der Waals surface area contributed by atoms with Crippen LogP contribution in [0, 0.1) is 13.8 Å². The van der Waals surface area contributed by atoms with Gasteiger partial charge in [-0.15, -0.1) is 11.3 Å². The van der Waals surface area contributed by atoms with Gasteiger partial charge in [-0.2, -0.15) is 0 Å². The van der Waals surface area contributed by atoms with Crippen molar-refractivity contribution in [2.45, 2.75) is 13.8 Å². The number of nitrogens with one attached hydrogen (secondary N) is 1. The Morgan fingerprint density at radius 2 is 2.06 bits per heavy atom. The summed E-state index contributed by atoms with van der Waals surface area (Å²) in [5.41, 5.74) is 2.08. The summed E-state index contributed by atoms with van der Waals surface area (Å²) < 4.78 is 1.08. The van der Waals surface area contributed by atoms with Gasteiger partial charge in [0.1, 0.15) is 11.6 Å². The highest BCUT2D eigenvalue weighted by atomic mass is 79.9. The molecule has 0 radical (unpaired) electrons. The van der Waals surface area contributed by atoms with Gasteiger partial charge in [0.15, 0.2) is 0 Å². The number of rotatable bonds is 2. The average Bonchev–Trinajstić information content (AvgIpc) is 2.67. The van der Waals surface area contributed by atoms with Gasteiger partial charge in [-0.05, 0) is 41.2 Å². The molecule has 0 aliphatic heterocycles. The molecule has 2 aromatic heterocycles. The second kappa shape index (κ2) is 4.51. The van der Waals surface area contributed by atoms with E-state index in [4.69, 9.17) is 0 Å². The molecule has 1 N–H and O–H groups in total.